The van der Waals surface area contributed by atoms with Gasteiger partial charge in [-0.3, -0.25) is 4.79 Å². The summed E-state index contributed by atoms with van der Waals surface area (Å²) < 4.78 is 20.6. The molecule has 5 rings (SSSR count). The first-order valence-corrected chi connectivity index (χ1v) is 9.80. The van der Waals surface area contributed by atoms with Crippen molar-refractivity contribution < 1.29 is 13.9 Å². The number of anilines is 1. The number of amides is 1. The molecular weight excluding hydrogens is 397 g/mol. The molecule has 0 aliphatic heterocycles. The molecule has 1 N–H and O–H groups in total. The number of carbonyl (C=O) groups excluding carboxylic acids is 1. The molecule has 0 atom stereocenters. The van der Waals surface area contributed by atoms with E-state index in [2.05, 4.69) is 20.4 Å². The highest BCUT2D eigenvalue weighted by atomic mass is 19.1. The van der Waals surface area contributed by atoms with Gasteiger partial charge in [-0.1, -0.05) is 12.1 Å². The monoisotopic (exact) mass is 415 g/mol. The summed E-state index contributed by atoms with van der Waals surface area (Å²) in [4.78, 5) is 21.1. The van der Waals surface area contributed by atoms with Gasteiger partial charge >= 0.3 is 0 Å². The molecule has 0 unspecified atom stereocenters. The third-order valence-corrected chi connectivity index (χ3v) is 5.28. The van der Waals surface area contributed by atoms with E-state index in [9.17, 15) is 9.18 Å². The largest absolute Gasteiger partial charge is 0.439 e. The maximum Gasteiger partial charge on any atom is 0.235 e. The number of rotatable bonds is 6. The third-order valence-electron chi connectivity index (χ3n) is 5.28. The highest BCUT2D eigenvalue weighted by molar-refractivity contribution is 6.01. The molecule has 2 heterocycles. The number of nitrogens with zero attached hydrogens (tertiary/aromatic N) is 4. The van der Waals surface area contributed by atoms with E-state index >= 15 is 0 Å². The van der Waals surface area contributed by atoms with E-state index in [1.165, 1.54) is 18.5 Å². The van der Waals surface area contributed by atoms with Gasteiger partial charge in [0.05, 0.1) is 5.41 Å². The van der Waals surface area contributed by atoms with Gasteiger partial charge < -0.3 is 10.1 Å². The van der Waals surface area contributed by atoms with Crippen LogP contribution in [0, 0.1) is 5.82 Å². The summed E-state index contributed by atoms with van der Waals surface area (Å²) in [6, 6.07) is 16.7. The lowest BCUT2D eigenvalue weighted by molar-refractivity contribution is -0.118. The van der Waals surface area contributed by atoms with E-state index in [1.807, 2.05) is 0 Å². The van der Waals surface area contributed by atoms with Crippen LogP contribution >= 0.6 is 0 Å². The molecule has 8 heteroatoms. The lowest BCUT2D eigenvalue weighted by atomic mass is 9.95. The summed E-state index contributed by atoms with van der Waals surface area (Å²) in [5.41, 5.74) is 0.918. The summed E-state index contributed by atoms with van der Waals surface area (Å²) >= 11 is 0. The molecule has 2 aromatic carbocycles. The van der Waals surface area contributed by atoms with Crippen molar-refractivity contribution in [3.05, 3.63) is 90.8 Å². The van der Waals surface area contributed by atoms with Crippen LogP contribution in [0.25, 0.3) is 5.82 Å². The molecule has 31 heavy (non-hydrogen) atoms. The van der Waals surface area contributed by atoms with Gasteiger partial charge in [0.1, 0.15) is 17.9 Å². The zero-order valence-electron chi connectivity index (χ0n) is 16.4. The summed E-state index contributed by atoms with van der Waals surface area (Å²) in [6.07, 6.45) is 6.35. The number of carbonyl (C=O) groups is 1. The Hall–Kier alpha value is -4.07. The predicted octanol–water partition coefficient (Wildman–Crippen LogP) is 4.26. The predicted molar refractivity (Wildman–Crippen MR) is 112 cm³/mol. The molecule has 1 amide bonds. The second-order valence-electron chi connectivity index (χ2n) is 7.33. The minimum absolute atomic E-state index is 0.0903. The minimum Gasteiger partial charge on any atom is -0.439 e. The Morgan fingerprint density at radius 2 is 1.84 bits per heavy atom. The van der Waals surface area contributed by atoms with Crippen LogP contribution in [0.5, 0.6) is 11.6 Å². The number of benzene rings is 2. The quantitative estimate of drug-likeness (QED) is 0.509. The Balaban J connectivity index is 1.26. The van der Waals surface area contributed by atoms with Crippen molar-refractivity contribution in [1.29, 1.82) is 0 Å². The first-order valence-electron chi connectivity index (χ1n) is 9.80. The molecule has 4 aromatic rings. The fourth-order valence-corrected chi connectivity index (χ4v) is 3.43. The van der Waals surface area contributed by atoms with Crippen LogP contribution in [-0.2, 0) is 10.2 Å². The number of ether oxygens (including phenoxy) is 1. The summed E-state index contributed by atoms with van der Waals surface area (Å²) in [6.45, 7) is 0. The van der Waals surface area contributed by atoms with E-state index < -0.39 is 5.41 Å². The van der Waals surface area contributed by atoms with Crippen molar-refractivity contribution in [1.82, 2.24) is 19.7 Å². The number of nitrogens with one attached hydrogen (secondary N) is 1. The molecule has 1 aliphatic carbocycles. The Kier molecular flexibility index (Phi) is 4.66. The van der Waals surface area contributed by atoms with Gasteiger partial charge in [-0.2, -0.15) is 5.10 Å². The molecule has 0 spiro atoms. The van der Waals surface area contributed by atoms with Gasteiger partial charge in [0.15, 0.2) is 5.82 Å². The van der Waals surface area contributed by atoms with Crippen molar-refractivity contribution in [3.8, 4) is 17.4 Å². The number of halogens is 1. The normalized spacial score (nSPS) is 14.1. The fourth-order valence-electron chi connectivity index (χ4n) is 3.43. The smallest absolute Gasteiger partial charge is 0.235 e. The van der Waals surface area contributed by atoms with E-state index in [0.717, 1.165) is 18.4 Å². The van der Waals surface area contributed by atoms with Crippen LogP contribution in [-0.4, -0.2) is 25.7 Å². The van der Waals surface area contributed by atoms with Crippen LogP contribution in [0.2, 0.25) is 0 Å². The minimum atomic E-state index is -0.577. The Morgan fingerprint density at radius 3 is 2.52 bits per heavy atom. The second kappa shape index (κ2) is 7.64. The summed E-state index contributed by atoms with van der Waals surface area (Å²) in [5.74, 6) is 1.14. The third kappa shape index (κ3) is 3.87. The van der Waals surface area contributed by atoms with Crippen LogP contribution in [0.15, 0.2) is 79.4 Å². The molecule has 0 bridgehead atoms. The standard InChI is InChI=1S/C23H18FN5O2/c24-17-4-2-16(3-5-17)23(10-11-23)22(30)28-18-6-8-19(9-7-18)31-21-14-20(25-15-26-21)29-13-1-12-27-29/h1-9,12-15H,10-11H2,(H,28,30). The second-order valence-corrected chi connectivity index (χ2v) is 7.33. The maximum absolute atomic E-state index is 13.2. The van der Waals surface area contributed by atoms with Gasteiger partial charge in [-0.15, -0.1) is 0 Å². The van der Waals surface area contributed by atoms with Crippen molar-refractivity contribution in [2.75, 3.05) is 5.32 Å². The van der Waals surface area contributed by atoms with Gasteiger partial charge in [-0.05, 0) is 60.9 Å². The van der Waals surface area contributed by atoms with Gasteiger partial charge in [0.25, 0.3) is 0 Å². The summed E-state index contributed by atoms with van der Waals surface area (Å²) in [7, 11) is 0. The first kappa shape index (κ1) is 18.9. The Morgan fingerprint density at radius 1 is 1.06 bits per heavy atom. The average molecular weight is 415 g/mol. The fraction of sp³-hybridized carbons (Fsp3) is 0.130. The van der Waals surface area contributed by atoms with Gasteiger partial charge in [-0.25, -0.2) is 19.0 Å². The highest BCUT2D eigenvalue weighted by Crippen LogP contribution is 2.49. The van der Waals surface area contributed by atoms with Crippen molar-refractivity contribution in [2.45, 2.75) is 18.3 Å². The molecule has 1 saturated carbocycles. The SMILES string of the molecule is O=C(Nc1ccc(Oc2cc(-n3cccn3)ncn2)cc1)C1(c2ccc(F)cc2)CC1. The van der Waals surface area contributed by atoms with Crippen LogP contribution in [0.3, 0.4) is 0 Å². The number of hydrogen-bond donors (Lipinski definition) is 1. The zero-order valence-corrected chi connectivity index (χ0v) is 16.4. The van der Waals surface area contributed by atoms with Crippen LogP contribution in [0.4, 0.5) is 10.1 Å². The average Bonchev–Trinajstić information content (AvgIpc) is 3.42. The molecule has 2 aromatic heterocycles. The van der Waals surface area contributed by atoms with Crippen molar-refractivity contribution in [2.24, 2.45) is 0 Å². The first-order chi connectivity index (χ1) is 15.1. The van der Waals surface area contributed by atoms with Crippen LogP contribution in [0.1, 0.15) is 18.4 Å². The number of aromatic nitrogens is 4. The van der Waals surface area contributed by atoms with Crippen molar-refractivity contribution in [3.63, 3.8) is 0 Å². The summed E-state index contributed by atoms with van der Waals surface area (Å²) in [5, 5.41) is 7.09. The lowest BCUT2D eigenvalue weighted by Crippen LogP contribution is -2.27. The van der Waals surface area contributed by atoms with E-state index in [1.54, 1.807) is 65.6 Å². The topological polar surface area (TPSA) is 81.9 Å². The molecule has 154 valence electrons. The van der Waals surface area contributed by atoms with E-state index in [-0.39, 0.29) is 11.7 Å². The molecule has 1 aliphatic rings. The highest BCUT2D eigenvalue weighted by Gasteiger charge is 2.51. The molecular formula is C23H18FN5O2. The molecule has 1 fully saturated rings. The number of hydrogen-bond acceptors (Lipinski definition) is 5. The van der Waals surface area contributed by atoms with Gasteiger partial charge in [0, 0.05) is 24.1 Å². The van der Waals surface area contributed by atoms with E-state index in [4.69, 9.17) is 4.74 Å². The van der Waals surface area contributed by atoms with Crippen molar-refractivity contribution >= 4 is 11.6 Å². The lowest BCUT2D eigenvalue weighted by Gasteiger charge is -2.16. The Bertz CT molecular complexity index is 1200. The van der Waals surface area contributed by atoms with Gasteiger partial charge in [0.2, 0.25) is 11.8 Å². The maximum atomic E-state index is 13.2. The molecule has 0 radical (unpaired) electrons. The molecule has 0 saturated heterocycles. The molecule has 7 nitrogen and oxygen atoms in total. The van der Waals surface area contributed by atoms with E-state index in [0.29, 0.717) is 23.1 Å². The Labute approximate surface area is 177 Å². The zero-order chi connectivity index (χ0) is 21.3. The van der Waals surface area contributed by atoms with Crippen LogP contribution < -0.4 is 10.1 Å².